The Labute approximate surface area is 327 Å². The van der Waals surface area contributed by atoms with Crippen LogP contribution in [0.1, 0.15) is 206 Å². The molecule has 0 saturated heterocycles. The first-order valence-corrected chi connectivity index (χ1v) is 23.6. The molecule has 312 valence electrons. The first-order chi connectivity index (χ1) is 25.9. The highest BCUT2D eigenvalue weighted by Gasteiger charge is 2.27. The molecule has 0 rings (SSSR count). The Morgan fingerprint density at radius 2 is 1.04 bits per heavy atom. The summed E-state index contributed by atoms with van der Waals surface area (Å²) in [6.07, 6.45) is 47.1. The molecule has 0 aliphatic heterocycles. The third-order valence-electron chi connectivity index (χ3n) is 9.75. The van der Waals surface area contributed by atoms with Gasteiger partial charge in [-0.1, -0.05) is 185 Å². The summed E-state index contributed by atoms with van der Waals surface area (Å²) in [7, 11) is -4.32. The van der Waals surface area contributed by atoms with Crippen molar-refractivity contribution in [2.24, 2.45) is 5.73 Å². The Hall–Kier alpha value is -1.28. The molecule has 8 nitrogen and oxygen atoms in total. The van der Waals surface area contributed by atoms with E-state index in [2.05, 4.69) is 55.6 Å². The average molecular weight is 769 g/mol. The van der Waals surface area contributed by atoms with Crippen molar-refractivity contribution in [1.29, 1.82) is 0 Å². The van der Waals surface area contributed by atoms with E-state index in [4.69, 9.17) is 14.8 Å². The zero-order valence-corrected chi connectivity index (χ0v) is 35.4. The van der Waals surface area contributed by atoms with Crippen molar-refractivity contribution in [2.75, 3.05) is 19.8 Å². The Bertz CT molecular complexity index is 928. The normalized spacial score (nSPS) is 14.4. The number of unbranched alkanes of at least 4 members (excludes halogenated alkanes) is 23. The van der Waals surface area contributed by atoms with Crippen LogP contribution in [0.5, 0.6) is 0 Å². The van der Waals surface area contributed by atoms with Gasteiger partial charge in [0.15, 0.2) is 0 Å². The van der Waals surface area contributed by atoms with Gasteiger partial charge in [0.25, 0.3) is 0 Å². The van der Waals surface area contributed by atoms with Crippen molar-refractivity contribution in [2.45, 2.75) is 219 Å². The Kier molecular flexibility index (Phi) is 39.4. The van der Waals surface area contributed by atoms with Crippen LogP contribution in [0.2, 0.25) is 0 Å². The van der Waals surface area contributed by atoms with Crippen LogP contribution in [0, 0.1) is 0 Å². The van der Waals surface area contributed by atoms with Gasteiger partial charge in [0.2, 0.25) is 5.91 Å². The van der Waals surface area contributed by atoms with Gasteiger partial charge in [-0.3, -0.25) is 13.8 Å². The van der Waals surface area contributed by atoms with Gasteiger partial charge in [-0.15, -0.1) is 0 Å². The monoisotopic (exact) mass is 769 g/mol. The van der Waals surface area contributed by atoms with Gasteiger partial charge in [-0.2, -0.15) is 0 Å². The number of aliphatic hydroxyl groups excluding tert-OH is 1. The van der Waals surface area contributed by atoms with E-state index < -0.39 is 20.0 Å². The van der Waals surface area contributed by atoms with Crippen molar-refractivity contribution >= 4 is 13.7 Å². The summed E-state index contributed by atoms with van der Waals surface area (Å²) < 4.78 is 22.2. The summed E-state index contributed by atoms with van der Waals surface area (Å²) in [4.78, 5) is 22.7. The fourth-order valence-corrected chi connectivity index (χ4v) is 7.14. The Balaban J connectivity index is 4.18. The number of phosphoric acid groups is 1. The van der Waals surface area contributed by atoms with Gasteiger partial charge in [0, 0.05) is 13.0 Å². The maximum absolute atomic E-state index is 12.8. The van der Waals surface area contributed by atoms with Crippen LogP contribution in [-0.2, 0) is 18.4 Å². The highest BCUT2D eigenvalue weighted by atomic mass is 31.2. The SMILES string of the molecule is CCCCC/C=C\C/C=C\C/C=C\CCCCCCCCC(=O)NC(COP(=O)(O)OCCN)C(O)CCCCCCCCCCCCCCCCC. The molecule has 0 heterocycles. The lowest BCUT2D eigenvalue weighted by atomic mass is 10.0. The minimum absolute atomic E-state index is 0.0858. The van der Waals surface area contributed by atoms with Gasteiger partial charge < -0.3 is 21.1 Å². The minimum Gasteiger partial charge on any atom is -0.391 e. The molecule has 0 aromatic heterocycles. The molecule has 0 aromatic carbocycles. The van der Waals surface area contributed by atoms with Gasteiger partial charge >= 0.3 is 7.82 Å². The van der Waals surface area contributed by atoms with Crippen LogP contribution in [0.15, 0.2) is 36.5 Å². The molecular formula is C44H85N2O6P. The van der Waals surface area contributed by atoms with Crippen molar-refractivity contribution in [3.8, 4) is 0 Å². The van der Waals surface area contributed by atoms with E-state index in [1.54, 1.807) is 0 Å². The molecule has 1 amide bonds. The highest BCUT2D eigenvalue weighted by molar-refractivity contribution is 7.47. The van der Waals surface area contributed by atoms with E-state index in [0.717, 1.165) is 64.2 Å². The van der Waals surface area contributed by atoms with Crippen LogP contribution in [0.3, 0.4) is 0 Å². The molecule has 0 aliphatic rings. The van der Waals surface area contributed by atoms with E-state index in [0.29, 0.717) is 12.8 Å². The molecule has 5 N–H and O–H groups in total. The number of amides is 1. The molecule has 9 heteroatoms. The molecule has 3 unspecified atom stereocenters. The largest absolute Gasteiger partial charge is 0.472 e. The maximum atomic E-state index is 12.8. The molecular weight excluding hydrogens is 683 g/mol. The predicted molar refractivity (Wildman–Crippen MR) is 226 cm³/mol. The van der Waals surface area contributed by atoms with Crippen molar-refractivity contribution in [3.05, 3.63) is 36.5 Å². The smallest absolute Gasteiger partial charge is 0.391 e. The number of carbonyl (C=O) groups is 1. The standard InChI is InChI=1S/C44H85N2O6P/c1-3-5-7-9-11-13-15-17-19-20-21-22-24-26-28-30-32-34-36-38-44(48)46-42(41-52-53(49,50)51-40-39-45)43(47)37-35-33-31-29-27-25-23-18-16-14-12-10-8-6-4-2/h11,13,17,19,21-22,42-43,47H,3-10,12,14-16,18,20,23-41,45H2,1-2H3,(H,46,48)(H,49,50)/b13-11-,19-17-,22-21-. The van der Waals surface area contributed by atoms with E-state index in [1.807, 2.05) is 0 Å². The van der Waals surface area contributed by atoms with Gasteiger partial charge in [0.1, 0.15) is 0 Å². The van der Waals surface area contributed by atoms with Crippen molar-refractivity contribution in [1.82, 2.24) is 5.32 Å². The lowest BCUT2D eigenvalue weighted by Gasteiger charge is -2.25. The number of phosphoric ester groups is 1. The average Bonchev–Trinajstić information content (AvgIpc) is 3.14. The molecule has 0 spiro atoms. The summed E-state index contributed by atoms with van der Waals surface area (Å²) in [5.41, 5.74) is 5.38. The van der Waals surface area contributed by atoms with E-state index in [9.17, 15) is 19.4 Å². The highest BCUT2D eigenvalue weighted by Crippen LogP contribution is 2.43. The van der Waals surface area contributed by atoms with Crippen LogP contribution < -0.4 is 11.1 Å². The second-order valence-electron chi connectivity index (χ2n) is 14.9. The molecule has 53 heavy (non-hydrogen) atoms. The number of hydrogen-bond acceptors (Lipinski definition) is 6. The van der Waals surface area contributed by atoms with Gasteiger partial charge in [0.05, 0.1) is 25.4 Å². The summed E-state index contributed by atoms with van der Waals surface area (Å²) in [5, 5.41) is 13.8. The van der Waals surface area contributed by atoms with Crippen molar-refractivity contribution < 1.29 is 28.4 Å². The summed E-state index contributed by atoms with van der Waals surface area (Å²) in [6, 6.07) is -0.781. The molecule has 0 aromatic rings. The fourth-order valence-electron chi connectivity index (χ4n) is 6.38. The maximum Gasteiger partial charge on any atom is 0.472 e. The zero-order valence-electron chi connectivity index (χ0n) is 34.5. The van der Waals surface area contributed by atoms with E-state index >= 15 is 0 Å². The summed E-state index contributed by atoms with van der Waals surface area (Å²) in [6.45, 7) is 4.17. The number of rotatable bonds is 41. The lowest BCUT2D eigenvalue weighted by molar-refractivity contribution is -0.123. The Morgan fingerprint density at radius 3 is 1.55 bits per heavy atom. The Morgan fingerprint density at radius 1 is 0.623 bits per heavy atom. The number of carbonyl (C=O) groups excluding carboxylic acids is 1. The van der Waals surface area contributed by atoms with Crippen LogP contribution in [0.4, 0.5) is 0 Å². The van der Waals surface area contributed by atoms with Gasteiger partial charge in [-0.05, 0) is 51.4 Å². The zero-order chi connectivity index (χ0) is 38.9. The molecule has 0 saturated carbocycles. The summed E-state index contributed by atoms with van der Waals surface area (Å²) >= 11 is 0. The van der Waals surface area contributed by atoms with E-state index in [-0.39, 0.29) is 25.7 Å². The van der Waals surface area contributed by atoms with Crippen LogP contribution >= 0.6 is 7.82 Å². The number of nitrogens with two attached hydrogens (primary N) is 1. The van der Waals surface area contributed by atoms with E-state index in [1.165, 1.54) is 116 Å². The van der Waals surface area contributed by atoms with Crippen molar-refractivity contribution in [3.63, 3.8) is 0 Å². The number of hydrogen-bond donors (Lipinski definition) is 4. The first-order valence-electron chi connectivity index (χ1n) is 22.1. The molecule has 0 bridgehead atoms. The molecule has 0 fully saturated rings. The molecule has 0 radical (unpaired) electrons. The second-order valence-corrected chi connectivity index (χ2v) is 16.4. The van der Waals surface area contributed by atoms with Gasteiger partial charge in [-0.25, -0.2) is 4.57 Å². The third-order valence-corrected chi connectivity index (χ3v) is 10.7. The summed E-state index contributed by atoms with van der Waals surface area (Å²) in [5.74, 6) is -0.174. The minimum atomic E-state index is -4.32. The number of allylic oxidation sites excluding steroid dienone is 6. The molecule has 3 atom stereocenters. The lowest BCUT2D eigenvalue weighted by Crippen LogP contribution is -2.46. The number of nitrogens with one attached hydrogen (secondary N) is 1. The third kappa shape index (κ3) is 38.8. The van der Waals surface area contributed by atoms with Crippen LogP contribution in [-0.4, -0.2) is 47.8 Å². The predicted octanol–water partition coefficient (Wildman–Crippen LogP) is 12.3. The molecule has 0 aliphatic carbocycles. The number of aliphatic hydroxyl groups is 1. The first kappa shape index (κ1) is 51.7. The second kappa shape index (κ2) is 40.4. The van der Waals surface area contributed by atoms with Crippen LogP contribution in [0.25, 0.3) is 0 Å². The topological polar surface area (TPSA) is 131 Å². The quantitative estimate of drug-likeness (QED) is 0.0277. The fraction of sp³-hybridized carbons (Fsp3) is 0.841.